The first-order chi connectivity index (χ1) is 13.0. The fourth-order valence-electron chi connectivity index (χ4n) is 2.88. The summed E-state index contributed by atoms with van der Waals surface area (Å²) in [6, 6.07) is 12.1. The van der Waals surface area contributed by atoms with Crippen LogP contribution in [-0.4, -0.2) is 46.6 Å². The van der Waals surface area contributed by atoms with Crippen LogP contribution in [0.3, 0.4) is 0 Å². The highest BCUT2D eigenvalue weighted by Crippen LogP contribution is 2.26. The summed E-state index contributed by atoms with van der Waals surface area (Å²) >= 11 is 1.49. The number of carbonyl (C=O) groups is 4. The van der Waals surface area contributed by atoms with Crippen molar-refractivity contribution in [1.82, 2.24) is 15.1 Å². The molecule has 7 nitrogen and oxygen atoms in total. The molecule has 0 spiro atoms. The molecule has 0 saturated carbocycles. The summed E-state index contributed by atoms with van der Waals surface area (Å²) in [5, 5.41) is 4.77. The van der Waals surface area contributed by atoms with Crippen LogP contribution in [0, 0.1) is 0 Å². The van der Waals surface area contributed by atoms with Crippen LogP contribution >= 0.6 is 11.3 Å². The van der Waals surface area contributed by atoms with E-state index in [1.165, 1.54) is 11.3 Å². The largest absolute Gasteiger partial charge is 0.343 e. The van der Waals surface area contributed by atoms with Gasteiger partial charge in [0.15, 0.2) is 0 Å². The molecule has 27 heavy (non-hydrogen) atoms. The molecule has 0 unspecified atom stereocenters. The summed E-state index contributed by atoms with van der Waals surface area (Å²) in [5.74, 6) is -2.35. The number of thiophene rings is 1. The zero-order valence-corrected chi connectivity index (χ0v) is 15.6. The van der Waals surface area contributed by atoms with Gasteiger partial charge in [-0.2, -0.15) is 0 Å². The Morgan fingerprint density at radius 2 is 1.74 bits per heavy atom. The summed E-state index contributed by atoms with van der Waals surface area (Å²) < 4.78 is 0. The predicted molar refractivity (Wildman–Crippen MR) is 99.9 cm³/mol. The lowest BCUT2D eigenvalue weighted by Gasteiger charge is -2.20. The maximum atomic E-state index is 12.6. The van der Waals surface area contributed by atoms with Gasteiger partial charge in [0.1, 0.15) is 6.54 Å². The van der Waals surface area contributed by atoms with Crippen molar-refractivity contribution in [1.29, 1.82) is 0 Å². The Hall–Kier alpha value is -3.00. The van der Waals surface area contributed by atoms with Gasteiger partial charge in [-0.1, -0.05) is 43.3 Å². The van der Waals surface area contributed by atoms with Crippen LogP contribution in [0.15, 0.2) is 47.8 Å². The van der Waals surface area contributed by atoms with Crippen molar-refractivity contribution >= 4 is 35.1 Å². The number of carbonyl (C=O) groups excluding carboxylic acids is 4. The third-order valence-electron chi connectivity index (χ3n) is 4.15. The molecule has 1 saturated heterocycles. The second kappa shape index (κ2) is 8.13. The van der Waals surface area contributed by atoms with E-state index in [-0.39, 0.29) is 6.54 Å². The van der Waals surface area contributed by atoms with Crippen molar-refractivity contribution in [2.75, 3.05) is 13.1 Å². The molecule has 3 rings (SSSR count). The van der Waals surface area contributed by atoms with Gasteiger partial charge in [0, 0.05) is 11.4 Å². The first-order valence-electron chi connectivity index (χ1n) is 8.58. The average Bonchev–Trinajstić information content (AvgIpc) is 3.27. The molecule has 2 aromatic rings. The van der Waals surface area contributed by atoms with Gasteiger partial charge in [0.2, 0.25) is 5.91 Å². The van der Waals surface area contributed by atoms with Crippen LogP contribution < -0.4 is 5.32 Å². The lowest BCUT2D eigenvalue weighted by atomic mass is 10.1. The molecule has 1 aromatic heterocycles. The smallest absolute Gasteiger partial charge is 0.334 e. The normalized spacial score (nSPS) is 15.4. The van der Waals surface area contributed by atoms with E-state index < -0.39 is 36.3 Å². The lowest BCUT2D eigenvalue weighted by molar-refractivity contribution is -0.144. The molecule has 0 radical (unpaired) electrons. The molecule has 1 aliphatic heterocycles. The number of benzene rings is 1. The van der Waals surface area contributed by atoms with E-state index in [2.05, 4.69) is 5.32 Å². The van der Waals surface area contributed by atoms with Crippen molar-refractivity contribution in [3.05, 3.63) is 58.3 Å². The van der Waals surface area contributed by atoms with Gasteiger partial charge in [0.05, 0.1) is 6.04 Å². The molecular formula is C19H19N3O4S. The first kappa shape index (κ1) is 18.8. The highest BCUT2D eigenvalue weighted by atomic mass is 32.1. The molecule has 0 aliphatic carbocycles. The molecule has 5 amide bonds. The minimum Gasteiger partial charge on any atom is -0.343 e. The van der Waals surface area contributed by atoms with Gasteiger partial charge >= 0.3 is 17.8 Å². The van der Waals surface area contributed by atoms with Crippen LogP contribution in [0.2, 0.25) is 0 Å². The molecule has 1 atom stereocenters. The highest BCUT2D eigenvalue weighted by molar-refractivity contribution is 7.10. The Morgan fingerprint density at radius 3 is 2.37 bits per heavy atom. The number of hydrogen-bond donors (Lipinski definition) is 1. The number of nitrogens with zero attached hydrogens (tertiary/aromatic N) is 2. The first-order valence-corrected chi connectivity index (χ1v) is 9.46. The van der Waals surface area contributed by atoms with Crippen molar-refractivity contribution in [3.63, 3.8) is 0 Å². The second-order valence-corrected chi connectivity index (χ2v) is 7.04. The average molecular weight is 385 g/mol. The quantitative estimate of drug-likeness (QED) is 0.584. The fraction of sp³-hybridized carbons (Fsp3) is 0.263. The van der Waals surface area contributed by atoms with Crippen LogP contribution in [0.5, 0.6) is 0 Å². The fourth-order valence-corrected chi connectivity index (χ4v) is 3.68. The SMILES string of the molecule is CCCN1C(=O)C(=O)N(CC(=O)N[C@H](c2ccccc2)c2cccs2)C1=O. The summed E-state index contributed by atoms with van der Waals surface area (Å²) in [4.78, 5) is 51.3. The second-order valence-electron chi connectivity index (χ2n) is 6.06. The van der Waals surface area contributed by atoms with Gasteiger partial charge < -0.3 is 5.32 Å². The third-order valence-corrected chi connectivity index (χ3v) is 5.09. The van der Waals surface area contributed by atoms with Gasteiger partial charge in [-0.3, -0.25) is 19.3 Å². The van der Waals surface area contributed by atoms with Crippen molar-refractivity contribution in [2.45, 2.75) is 19.4 Å². The van der Waals surface area contributed by atoms with Crippen molar-refractivity contribution < 1.29 is 19.2 Å². The zero-order chi connectivity index (χ0) is 19.4. The number of urea groups is 1. The van der Waals surface area contributed by atoms with Gasteiger partial charge in [-0.25, -0.2) is 9.69 Å². The van der Waals surface area contributed by atoms with Crippen LogP contribution in [0.1, 0.15) is 29.8 Å². The van der Waals surface area contributed by atoms with Crippen LogP contribution in [-0.2, 0) is 14.4 Å². The molecule has 1 N–H and O–H groups in total. The molecule has 1 aromatic carbocycles. The molecule has 1 fully saturated rings. The summed E-state index contributed by atoms with van der Waals surface area (Å²) in [6.45, 7) is 1.47. The van der Waals surface area contributed by atoms with E-state index in [0.717, 1.165) is 15.3 Å². The molecule has 140 valence electrons. The number of hydrogen-bond acceptors (Lipinski definition) is 5. The van der Waals surface area contributed by atoms with Crippen LogP contribution in [0.4, 0.5) is 4.79 Å². The minimum atomic E-state index is -0.962. The van der Waals surface area contributed by atoms with E-state index in [0.29, 0.717) is 11.3 Å². The Labute approximate surface area is 160 Å². The number of amides is 5. The predicted octanol–water partition coefficient (Wildman–Crippen LogP) is 2.15. The van der Waals surface area contributed by atoms with Crippen LogP contribution in [0.25, 0.3) is 0 Å². The van der Waals surface area contributed by atoms with Crippen molar-refractivity contribution in [2.24, 2.45) is 0 Å². The summed E-state index contributed by atoms with van der Waals surface area (Å²) in [6.07, 6.45) is 0.541. The minimum absolute atomic E-state index is 0.156. The number of nitrogens with one attached hydrogen (secondary N) is 1. The van der Waals surface area contributed by atoms with E-state index in [9.17, 15) is 19.2 Å². The third kappa shape index (κ3) is 3.90. The molecule has 2 heterocycles. The highest BCUT2D eigenvalue weighted by Gasteiger charge is 2.44. The Morgan fingerprint density at radius 1 is 1.04 bits per heavy atom. The summed E-state index contributed by atoms with van der Waals surface area (Å²) in [5.41, 5.74) is 0.885. The van der Waals surface area contributed by atoms with Gasteiger partial charge in [-0.15, -0.1) is 11.3 Å². The molecule has 0 bridgehead atoms. The van der Waals surface area contributed by atoms with E-state index in [1.54, 1.807) is 6.92 Å². The molecule has 8 heteroatoms. The Kier molecular flexibility index (Phi) is 5.66. The lowest BCUT2D eigenvalue weighted by Crippen LogP contribution is -2.42. The van der Waals surface area contributed by atoms with Crippen molar-refractivity contribution in [3.8, 4) is 0 Å². The summed E-state index contributed by atoms with van der Waals surface area (Å²) in [7, 11) is 0. The number of imide groups is 2. The molecular weight excluding hydrogens is 366 g/mol. The topological polar surface area (TPSA) is 86.8 Å². The maximum Gasteiger partial charge on any atom is 0.334 e. The maximum absolute atomic E-state index is 12.6. The van der Waals surface area contributed by atoms with Gasteiger partial charge in [-0.05, 0) is 23.4 Å². The Balaban J connectivity index is 1.74. The van der Waals surface area contributed by atoms with E-state index >= 15 is 0 Å². The molecule has 1 aliphatic rings. The number of rotatable bonds is 7. The van der Waals surface area contributed by atoms with Gasteiger partial charge in [0.25, 0.3) is 0 Å². The Bertz CT molecular complexity index is 851. The van der Waals surface area contributed by atoms with E-state index in [1.807, 2.05) is 47.8 Å². The zero-order valence-electron chi connectivity index (χ0n) is 14.8. The monoisotopic (exact) mass is 385 g/mol. The standard InChI is InChI=1S/C19H19N3O4S/c1-2-10-21-17(24)18(25)22(19(21)26)12-15(23)20-16(14-9-6-11-27-14)13-7-4-3-5-8-13/h3-9,11,16H,2,10,12H2,1H3,(H,20,23)/t16-/m1/s1. The van der Waals surface area contributed by atoms with E-state index in [4.69, 9.17) is 0 Å².